The summed E-state index contributed by atoms with van der Waals surface area (Å²) in [5.41, 5.74) is 0. The van der Waals surface area contributed by atoms with Gasteiger partial charge in [0.25, 0.3) is 0 Å². The van der Waals surface area contributed by atoms with Crippen LogP contribution in [0, 0.1) is 0 Å². The Hall–Kier alpha value is -1.00. The van der Waals surface area contributed by atoms with Crippen molar-refractivity contribution in [2.75, 3.05) is 19.4 Å². The lowest BCUT2D eigenvalue weighted by atomic mass is 10.4. The van der Waals surface area contributed by atoms with Gasteiger partial charge in [-0.1, -0.05) is 6.07 Å². The molecule has 0 amide bonds. The quantitative estimate of drug-likeness (QED) is 0.602. The molecule has 3 N–H and O–H groups in total. The van der Waals surface area contributed by atoms with Crippen LogP contribution in [0.1, 0.15) is 0 Å². The molecule has 0 spiro atoms. The number of hydrogen-bond acceptors (Lipinski definition) is 6. The molecule has 9 heteroatoms. The molecule has 0 fully saturated rings. The number of hydrogen-bond donors (Lipinski definition) is 3. The number of rotatable bonds is 6. The van der Waals surface area contributed by atoms with E-state index in [2.05, 4.69) is 4.72 Å². The summed E-state index contributed by atoms with van der Waals surface area (Å²) in [6.45, 7) is -0.937. The fourth-order valence-corrected chi connectivity index (χ4v) is 3.09. The summed E-state index contributed by atoms with van der Waals surface area (Å²) < 4.78 is 48.4. The molecule has 1 unspecified atom stereocenters. The first-order valence-electron chi connectivity index (χ1n) is 5.25. The van der Waals surface area contributed by atoms with Gasteiger partial charge in [0.15, 0.2) is 9.84 Å². The van der Waals surface area contributed by atoms with E-state index < -0.39 is 32.6 Å². The highest BCUT2D eigenvalue weighted by atomic mass is 32.2. The SMILES string of the molecule is CS(=O)(=O)c1cccc(S(=O)(=O)NCC(O)CO)c1. The summed E-state index contributed by atoms with van der Waals surface area (Å²) in [7, 11) is -7.44. The number of aliphatic hydroxyl groups excluding tert-OH is 2. The zero-order chi connectivity index (χ0) is 14.7. The molecule has 0 aliphatic heterocycles. The van der Waals surface area contributed by atoms with Crippen LogP contribution >= 0.6 is 0 Å². The molecular formula is C10H15NO6S2. The maximum absolute atomic E-state index is 11.8. The average molecular weight is 309 g/mol. The third kappa shape index (κ3) is 4.55. The Balaban J connectivity index is 3.03. The van der Waals surface area contributed by atoms with Crippen molar-refractivity contribution in [1.82, 2.24) is 4.72 Å². The van der Waals surface area contributed by atoms with Gasteiger partial charge in [-0.3, -0.25) is 0 Å². The summed E-state index contributed by atoms with van der Waals surface area (Å²) in [5, 5.41) is 17.7. The minimum Gasteiger partial charge on any atom is -0.394 e. The van der Waals surface area contributed by atoms with E-state index in [1.165, 1.54) is 18.2 Å². The molecule has 0 heterocycles. The van der Waals surface area contributed by atoms with Crippen molar-refractivity contribution >= 4 is 19.9 Å². The highest BCUT2D eigenvalue weighted by Crippen LogP contribution is 2.15. The highest BCUT2D eigenvalue weighted by Gasteiger charge is 2.18. The molecule has 1 atom stereocenters. The molecule has 19 heavy (non-hydrogen) atoms. The molecule has 1 rings (SSSR count). The lowest BCUT2D eigenvalue weighted by Crippen LogP contribution is -2.33. The molecule has 7 nitrogen and oxygen atoms in total. The maximum Gasteiger partial charge on any atom is 0.240 e. The van der Waals surface area contributed by atoms with E-state index in [0.717, 1.165) is 12.3 Å². The van der Waals surface area contributed by atoms with Crippen molar-refractivity contribution in [2.45, 2.75) is 15.9 Å². The topological polar surface area (TPSA) is 121 Å². The van der Waals surface area contributed by atoms with Gasteiger partial charge in [0.1, 0.15) is 0 Å². The van der Waals surface area contributed by atoms with Crippen LogP contribution in [0.5, 0.6) is 0 Å². The Bertz CT molecular complexity index is 638. The number of nitrogens with one attached hydrogen (secondary N) is 1. The molecule has 0 radical (unpaired) electrons. The van der Waals surface area contributed by atoms with Crippen LogP contribution in [0.4, 0.5) is 0 Å². The fourth-order valence-electron chi connectivity index (χ4n) is 1.23. The molecule has 1 aromatic rings. The van der Waals surface area contributed by atoms with E-state index in [1.54, 1.807) is 0 Å². The molecule has 1 aromatic carbocycles. The number of benzene rings is 1. The third-order valence-electron chi connectivity index (χ3n) is 2.26. The lowest BCUT2D eigenvalue weighted by molar-refractivity contribution is 0.0988. The predicted molar refractivity (Wildman–Crippen MR) is 67.8 cm³/mol. The largest absolute Gasteiger partial charge is 0.394 e. The van der Waals surface area contributed by atoms with E-state index in [1.807, 2.05) is 0 Å². The molecule has 108 valence electrons. The number of aliphatic hydroxyl groups is 2. The van der Waals surface area contributed by atoms with Crippen LogP contribution in [0.15, 0.2) is 34.1 Å². The zero-order valence-corrected chi connectivity index (χ0v) is 11.8. The normalized spacial score (nSPS) is 14.3. The van der Waals surface area contributed by atoms with Gasteiger partial charge >= 0.3 is 0 Å². The van der Waals surface area contributed by atoms with Crippen molar-refractivity contribution in [1.29, 1.82) is 0 Å². The molecule has 0 aliphatic rings. The van der Waals surface area contributed by atoms with Crippen LogP contribution in [-0.2, 0) is 19.9 Å². The van der Waals surface area contributed by atoms with Crippen LogP contribution in [0.25, 0.3) is 0 Å². The maximum atomic E-state index is 11.8. The van der Waals surface area contributed by atoms with Gasteiger partial charge < -0.3 is 10.2 Å². The van der Waals surface area contributed by atoms with Crippen molar-refractivity contribution in [3.63, 3.8) is 0 Å². The molecule has 0 saturated heterocycles. The minimum absolute atomic E-state index is 0.113. The van der Waals surface area contributed by atoms with Crippen LogP contribution in [0.3, 0.4) is 0 Å². The van der Waals surface area contributed by atoms with Gasteiger partial charge in [-0.15, -0.1) is 0 Å². The summed E-state index contributed by atoms with van der Waals surface area (Å²) in [4.78, 5) is -0.335. The Morgan fingerprint density at radius 2 is 1.79 bits per heavy atom. The second kappa shape index (κ2) is 5.97. The van der Waals surface area contributed by atoms with Gasteiger partial charge in [-0.05, 0) is 18.2 Å². The zero-order valence-electron chi connectivity index (χ0n) is 10.1. The van der Waals surface area contributed by atoms with E-state index in [9.17, 15) is 16.8 Å². The van der Waals surface area contributed by atoms with Crippen molar-refractivity contribution in [2.24, 2.45) is 0 Å². The van der Waals surface area contributed by atoms with Crippen molar-refractivity contribution < 1.29 is 27.0 Å². The summed E-state index contributed by atoms with van der Waals surface area (Å²) in [6, 6.07) is 4.87. The Morgan fingerprint density at radius 3 is 2.32 bits per heavy atom. The van der Waals surface area contributed by atoms with E-state index in [-0.39, 0.29) is 16.3 Å². The molecule has 0 aromatic heterocycles. The van der Waals surface area contributed by atoms with E-state index in [4.69, 9.17) is 10.2 Å². The van der Waals surface area contributed by atoms with Gasteiger partial charge in [0.05, 0.1) is 22.5 Å². The third-order valence-corrected chi connectivity index (χ3v) is 4.80. The van der Waals surface area contributed by atoms with Gasteiger partial charge in [-0.25, -0.2) is 21.6 Å². The van der Waals surface area contributed by atoms with E-state index >= 15 is 0 Å². The van der Waals surface area contributed by atoms with Crippen LogP contribution in [-0.4, -0.2) is 52.6 Å². The Labute approximate surface area is 111 Å². The molecular weight excluding hydrogens is 294 g/mol. The van der Waals surface area contributed by atoms with E-state index in [0.29, 0.717) is 0 Å². The lowest BCUT2D eigenvalue weighted by Gasteiger charge is -2.10. The van der Waals surface area contributed by atoms with Crippen LogP contribution < -0.4 is 4.72 Å². The second-order valence-corrected chi connectivity index (χ2v) is 7.72. The monoisotopic (exact) mass is 309 g/mol. The Kier molecular flexibility index (Phi) is 5.04. The van der Waals surface area contributed by atoms with Gasteiger partial charge in [0.2, 0.25) is 10.0 Å². The Morgan fingerprint density at radius 1 is 1.21 bits per heavy atom. The van der Waals surface area contributed by atoms with Gasteiger partial charge in [0, 0.05) is 12.8 Å². The van der Waals surface area contributed by atoms with Crippen molar-refractivity contribution in [3.8, 4) is 0 Å². The summed E-state index contributed by atoms with van der Waals surface area (Å²) in [6.07, 6.45) is -0.241. The standard InChI is InChI=1S/C10H15NO6S2/c1-18(14,15)9-3-2-4-10(5-9)19(16,17)11-6-8(13)7-12/h2-5,8,11-13H,6-7H2,1H3. The fraction of sp³-hybridized carbons (Fsp3) is 0.400. The number of sulfone groups is 1. The summed E-state index contributed by atoms with van der Waals surface area (Å²) in [5.74, 6) is 0. The van der Waals surface area contributed by atoms with Gasteiger partial charge in [-0.2, -0.15) is 0 Å². The second-order valence-electron chi connectivity index (χ2n) is 3.94. The first kappa shape index (κ1) is 16.1. The smallest absolute Gasteiger partial charge is 0.240 e. The van der Waals surface area contributed by atoms with Crippen LogP contribution in [0.2, 0.25) is 0 Å². The predicted octanol–water partition coefficient (Wildman–Crippen LogP) is -1.28. The first-order chi connectivity index (χ1) is 8.66. The summed E-state index contributed by atoms with van der Waals surface area (Å²) >= 11 is 0. The molecule has 0 aliphatic carbocycles. The molecule has 0 bridgehead atoms. The van der Waals surface area contributed by atoms with Crippen molar-refractivity contribution in [3.05, 3.63) is 24.3 Å². The highest BCUT2D eigenvalue weighted by molar-refractivity contribution is 7.91. The minimum atomic E-state index is -3.93. The first-order valence-corrected chi connectivity index (χ1v) is 8.63. The molecule has 0 saturated carbocycles. The number of sulfonamides is 1. The average Bonchev–Trinajstić information content (AvgIpc) is 2.35.